The van der Waals surface area contributed by atoms with E-state index in [0.29, 0.717) is 42.9 Å². The Labute approximate surface area is 205 Å². The smallest absolute Gasteiger partial charge is 0.361 e. The lowest BCUT2D eigenvalue weighted by Crippen LogP contribution is -2.40. The fourth-order valence-corrected chi connectivity index (χ4v) is 5.08. The second-order valence-corrected chi connectivity index (χ2v) is 9.28. The number of rotatable bonds is 7. The lowest BCUT2D eigenvalue weighted by Gasteiger charge is -2.28. The second-order valence-electron chi connectivity index (χ2n) is 8.28. The number of thiazole rings is 1. The standard InChI is InChI=1S/C21H22F7N5O2S/c1-3-4-11-6-5-10(2)33(11)19(35)15-16(36-18(31-15)17(34)32-28)12-8-29-14(30-9-20(22,23)24)7-13(12)21(25,26)27/h7-8,10-11H,3-6,9H2,1-2H3,(H,29,30)(H,32,34). The molecule has 0 bridgehead atoms. The molecular weight excluding hydrogens is 519 g/mol. The maximum atomic E-state index is 13.9. The average Bonchev–Trinajstić information content (AvgIpc) is 3.40. The van der Waals surface area contributed by atoms with Gasteiger partial charge in [0.1, 0.15) is 18.1 Å². The molecule has 0 radical (unpaired) electrons. The molecule has 7 nitrogen and oxygen atoms in total. The zero-order chi connectivity index (χ0) is 26.8. The normalized spacial score (nSPS) is 18.4. The van der Waals surface area contributed by atoms with Crippen LogP contribution in [0.2, 0.25) is 0 Å². The van der Waals surface area contributed by atoms with E-state index in [9.17, 15) is 40.4 Å². The lowest BCUT2D eigenvalue weighted by molar-refractivity contribution is -0.137. The highest BCUT2D eigenvalue weighted by molar-refractivity contribution is 7.17. The number of hydrogen-bond acceptors (Lipinski definition) is 6. The molecule has 0 aliphatic carbocycles. The van der Waals surface area contributed by atoms with Gasteiger partial charge in [0.25, 0.3) is 5.91 Å². The van der Waals surface area contributed by atoms with Gasteiger partial charge in [-0.1, -0.05) is 17.8 Å². The number of carbonyl (C=O) groups excluding carboxylic acids is 2. The van der Waals surface area contributed by atoms with Crippen molar-refractivity contribution >= 4 is 29.0 Å². The Morgan fingerprint density at radius 2 is 1.89 bits per heavy atom. The first-order valence-electron chi connectivity index (χ1n) is 10.9. The maximum absolute atomic E-state index is 13.9. The molecule has 15 heteroatoms. The number of halogens is 7. The Balaban J connectivity index is 2.14. The van der Waals surface area contributed by atoms with E-state index in [1.54, 1.807) is 12.2 Å². The highest BCUT2D eigenvalue weighted by Gasteiger charge is 2.40. The predicted octanol–water partition coefficient (Wildman–Crippen LogP) is 5.61. The number of carbonyl (C=O) groups is 2. The van der Waals surface area contributed by atoms with E-state index in [-0.39, 0.29) is 12.1 Å². The summed E-state index contributed by atoms with van der Waals surface area (Å²) in [7, 11) is 0. The number of hydrogen-bond donors (Lipinski definition) is 2. The summed E-state index contributed by atoms with van der Waals surface area (Å²) >= 11 is 0.351. The number of pyridine rings is 1. The van der Waals surface area contributed by atoms with Crippen LogP contribution in [0.25, 0.3) is 10.4 Å². The van der Waals surface area contributed by atoms with Gasteiger partial charge in [0.15, 0.2) is 5.01 Å². The molecule has 0 saturated carbocycles. The Hall–Kier alpha value is -2.97. The highest BCUT2D eigenvalue weighted by atomic mass is 32.1. The van der Waals surface area contributed by atoms with Gasteiger partial charge in [-0.3, -0.25) is 9.59 Å². The zero-order valence-electron chi connectivity index (χ0n) is 19.1. The quantitative estimate of drug-likeness (QED) is 0.352. The van der Waals surface area contributed by atoms with Gasteiger partial charge in [0.05, 0.1) is 10.4 Å². The summed E-state index contributed by atoms with van der Waals surface area (Å²) in [4.78, 5) is 34.0. The van der Waals surface area contributed by atoms with Crippen molar-refractivity contribution in [2.45, 2.75) is 64.0 Å². The number of amides is 2. The monoisotopic (exact) mass is 541 g/mol. The van der Waals surface area contributed by atoms with Crippen LogP contribution < -0.4 is 10.9 Å². The van der Waals surface area contributed by atoms with Gasteiger partial charge in [-0.25, -0.2) is 9.97 Å². The third-order valence-electron chi connectivity index (χ3n) is 5.68. The first-order chi connectivity index (χ1) is 16.8. The molecule has 3 heterocycles. The van der Waals surface area contributed by atoms with Crippen molar-refractivity contribution in [1.29, 1.82) is 0 Å². The average molecular weight is 541 g/mol. The van der Waals surface area contributed by atoms with Crippen LogP contribution in [0, 0.1) is 0 Å². The molecular formula is C21H22F7N5O2S. The molecule has 2 aromatic heterocycles. The molecule has 1 aliphatic rings. The van der Waals surface area contributed by atoms with Gasteiger partial charge >= 0.3 is 18.3 Å². The van der Waals surface area contributed by atoms with Crippen molar-refractivity contribution in [3.63, 3.8) is 0 Å². The molecule has 0 aromatic carbocycles. The summed E-state index contributed by atoms with van der Waals surface area (Å²) in [6.45, 7) is 2.07. The highest BCUT2D eigenvalue weighted by Crippen LogP contribution is 2.42. The van der Waals surface area contributed by atoms with Crippen molar-refractivity contribution in [2.24, 2.45) is 0 Å². The van der Waals surface area contributed by atoms with E-state index in [1.165, 1.54) is 4.90 Å². The van der Waals surface area contributed by atoms with Gasteiger partial charge in [0, 0.05) is 23.8 Å². The minimum Gasteiger partial charge on any atom is -0.361 e. The molecule has 3 rings (SSSR count). The molecule has 36 heavy (non-hydrogen) atoms. The number of nitrogens with zero attached hydrogens (tertiary/aromatic N) is 3. The van der Waals surface area contributed by atoms with Crippen LogP contribution in [-0.4, -0.2) is 51.5 Å². The third kappa shape index (κ3) is 6.05. The Bertz CT molecular complexity index is 1120. The lowest BCUT2D eigenvalue weighted by atomic mass is 10.1. The van der Waals surface area contributed by atoms with Gasteiger partial charge in [-0.05, 0) is 32.3 Å². The predicted molar refractivity (Wildman–Crippen MR) is 117 cm³/mol. The molecule has 0 spiro atoms. The summed E-state index contributed by atoms with van der Waals surface area (Å²) in [5.41, 5.74) is -1.72. The molecule has 2 atom stereocenters. The Kier molecular flexibility index (Phi) is 8.10. The van der Waals surface area contributed by atoms with E-state index < -0.39 is 63.2 Å². The summed E-state index contributed by atoms with van der Waals surface area (Å²) in [5, 5.41) is 1.18. The Morgan fingerprint density at radius 3 is 2.47 bits per heavy atom. The van der Waals surface area contributed by atoms with Crippen LogP contribution in [0.4, 0.5) is 36.6 Å². The minimum atomic E-state index is -5.06. The largest absolute Gasteiger partial charge is 0.417 e. The number of alkyl halides is 6. The van der Waals surface area contributed by atoms with Gasteiger partial charge in [-0.2, -0.15) is 31.9 Å². The van der Waals surface area contributed by atoms with Crippen LogP contribution in [0.1, 0.15) is 65.4 Å². The van der Waals surface area contributed by atoms with Crippen LogP contribution in [0.3, 0.4) is 0 Å². The summed E-state index contributed by atoms with van der Waals surface area (Å²) in [6.07, 6.45) is -6.40. The fourth-order valence-electron chi connectivity index (χ4n) is 4.12. The van der Waals surface area contributed by atoms with E-state index in [2.05, 4.69) is 9.97 Å². The van der Waals surface area contributed by atoms with E-state index in [1.807, 2.05) is 6.92 Å². The Morgan fingerprint density at radius 1 is 1.19 bits per heavy atom. The molecule has 2 unspecified atom stereocenters. The van der Waals surface area contributed by atoms with Crippen LogP contribution in [0.15, 0.2) is 12.3 Å². The number of nitrogens with one attached hydrogen (secondary N) is 2. The van der Waals surface area contributed by atoms with Crippen molar-refractivity contribution in [3.8, 4) is 10.4 Å². The summed E-state index contributed by atoms with van der Waals surface area (Å²) < 4.78 is 92.2. The van der Waals surface area contributed by atoms with Crippen LogP contribution in [0.5, 0.6) is 0 Å². The van der Waals surface area contributed by atoms with Gasteiger partial charge in [0.2, 0.25) is 0 Å². The van der Waals surface area contributed by atoms with Crippen molar-refractivity contribution in [3.05, 3.63) is 28.5 Å². The number of anilines is 1. The molecule has 1 aliphatic heterocycles. The van der Waals surface area contributed by atoms with E-state index in [4.69, 9.17) is 0 Å². The van der Waals surface area contributed by atoms with Gasteiger partial charge in [-0.15, -0.1) is 11.3 Å². The molecule has 2 aromatic rings. The van der Waals surface area contributed by atoms with E-state index in [0.717, 1.165) is 12.0 Å². The van der Waals surface area contributed by atoms with Gasteiger partial charge < -0.3 is 10.2 Å². The molecule has 198 valence electrons. The number of aromatic nitrogens is 2. The minimum absolute atomic E-state index is 0.195. The summed E-state index contributed by atoms with van der Waals surface area (Å²) in [5.74, 6) is -2.78. The maximum Gasteiger partial charge on any atom is 0.417 e. The topological polar surface area (TPSA) is 87.2 Å². The zero-order valence-corrected chi connectivity index (χ0v) is 19.9. The fraction of sp³-hybridized carbons (Fsp3) is 0.524. The van der Waals surface area contributed by atoms with Crippen LogP contribution >= 0.6 is 11.3 Å². The molecule has 1 saturated heterocycles. The second kappa shape index (κ2) is 10.6. The van der Waals surface area contributed by atoms with E-state index >= 15 is 0 Å². The van der Waals surface area contributed by atoms with Crippen molar-refractivity contribution in [1.82, 2.24) is 20.4 Å². The number of likely N-dealkylation sites (tertiary alicyclic amines) is 1. The SMILES string of the molecule is CCCC1CCC(C)N1C(=O)c1nc(C(=O)NF)sc1-c1cnc(NCC(F)(F)F)cc1C(F)(F)F. The van der Waals surface area contributed by atoms with Crippen molar-refractivity contribution in [2.75, 3.05) is 11.9 Å². The molecule has 1 fully saturated rings. The first kappa shape index (κ1) is 27.6. The third-order valence-corrected chi connectivity index (χ3v) is 6.76. The van der Waals surface area contributed by atoms with Crippen LogP contribution in [-0.2, 0) is 6.18 Å². The first-order valence-corrected chi connectivity index (χ1v) is 11.7. The van der Waals surface area contributed by atoms with Crippen molar-refractivity contribution < 1.29 is 40.4 Å². The summed E-state index contributed by atoms with van der Waals surface area (Å²) in [6, 6.07) is -0.0710. The molecule has 2 N–H and O–H groups in total. The molecule has 2 amide bonds.